The van der Waals surface area contributed by atoms with Gasteiger partial charge in [0.05, 0.1) is 12.2 Å². The molecule has 1 aliphatic rings. The van der Waals surface area contributed by atoms with Gasteiger partial charge in [-0.3, -0.25) is 4.90 Å². The highest BCUT2D eigenvalue weighted by molar-refractivity contribution is 4.79. The van der Waals surface area contributed by atoms with Gasteiger partial charge in [0.25, 0.3) is 0 Å². The topological polar surface area (TPSA) is 30.9 Å². The minimum absolute atomic E-state index is 0.0543. The molecule has 0 aromatic carbocycles. The lowest BCUT2D eigenvalue weighted by Gasteiger charge is -2.39. The zero-order chi connectivity index (χ0) is 12.0. The summed E-state index contributed by atoms with van der Waals surface area (Å²) in [7, 11) is 0. The van der Waals surface area contributed by atoms with Crippen molar-refractivity contribution in [3.63, 3.8) is 0 Å². The van der Waals surface area contributed by atoms with Gasteiger partial charge in [0, 0.05) is 32.8 Å². The van der Waals surface area contributed by atoms with Gasteiger partial charge in [-0.25, -0.2) is 0 Å². The Morgan fingerprint density at radius 3 is 2.38 bits per heavy atom. The molecule has 4 heteroatoms. The molecule has 1 rings (SSSR count). The van der Waals surface area contributed by atoms with Gasteiger partial charge in [0.1, 0.15) is 0 Å². The summed E-state index contributed by atoms with van der Waals surface area (Å²) in [5.74, 6) is 0. The third-order valence-corrected chi connectivity index (χ3v) is 2.62. The van der Waals surface area contributed by atoms with Crippen molar-refractivity contribution in [2.45, 2.75) is 39.6 Å². The Hall–Kier alpha value is -0.160. The first-order chi connectivity index (χ1) is 7.57. The zero-order valence-corrected chi connectivity index (χ0v) is 11.0. The molecule has 4 nitrogen and oxygen atoms in total. The average molecular weight is 231 g/mol. The number of nitrogens with zero attached hydrogens (tertiary/aromatic N) is 1. The molecule has 1 heterocycles. The van der Waals surface area contributed by atoms with Crippen LogP contribution in [0.2, 0.25) is 0 Å². The van der Waals surface area contributed by atoms with Crippen molar-refractivity contribution < 1.29 is 14.2 Å². The number of morpholine rings is 1. The van der Waals surface area contributed by atoms with Crippen LogP contribution >= 0.6 is 0 Å². The second-order valence-electron chi connectivity index (χ2n) is 4.68. The van der Waals surface area contributed by atoms with E-state index in [1.165, 1.54) is 0 Å². The quantitative estimate of drug-likeness (QED) is 0.648. The monoisotopic (exact) mass is 231 g/mol. The predicted octanol–water partition coefficient (Wildman–Crippen LogP) is 1.50. The average Bonchev–Trinajstić information content (AvgIpc) is 2.16. The van der Waals surface area contributed by atoms with E-state index in [2.05, 4.69) is 18.7 Å². The van der Waals surface area contributed by atoms with E-state index in [0.29, 0.717) is 13.2 Å². The molecule has 0 aliphatic carbocycles. The van der Waals surface area contributed by atoms with E-state index in [4.69, 9.17) is 14.2 Å². The molecule has 1 aliphatic heterocycles. The molecule has 0 bridgehead atoms. The minimum atomic E-state index is -0.108. The van der Waals surface area contributed by atoms with Crippen LogP contribution in [0.1, 0.15) is 27.7 Å². The third-order valence-electron chi connectivity index (χ3n) is 2.62. The molecule has 1 fully saturated rings. The van der Waals surface area contributed by atoms with E-state index in [-0.39, 0.29) is 11.9 Å². The SMILES string of the molecule is CCOC(CN1CCOC(C)(C)C1)OCC. The van der Waals surface area contributed by atoms with Gasteiger partial charge in [0.15, 0.2) is 6.29 Å². The maximum atomic E-state index is 5.67. The van der Waals surface area contributed by atoms with Gasteiger partial charge in [0.2, 0.25) is 0 Å². The van der Waals surface area contributed by atoms with Crippen molar-refractivity contribution in [2.24, 2.45) is 0 Å². The lowest BCUT2D eigenvalue weighted by atomic mass is 10.1. The highest BCUT2D eigenvalue weighted by Gasteiger charge is 2.28. The number of ether oxygens (including phenoxy) is 3. The molecule has 16 heavy (non-hydrogen) atoms. The molecule has 0 saturated carbocycles. The van der Waals surface area contributed by atoms with Gasteiger partial charge in [-0.1, -0.05) is 0 Å². The fourth-order valence-corrected chi connectivity index (χ4v) is 2.01. The molecule has 0 N–H and O–H groups in total. The molecule has 0 spiro atoms. The second-order valence-corrected chi connectivity index (χ2v) is 4.68. The summed E-state index contributed by atoms with van der Waals surface area (Å²) in [6, 6.07) is 0. The molecule has 0 atom stereocenters. The normalized spacial score (nSPS) is 21.6. The number of rotatable bonds is 6. The van der Waals surface area contributed by atoms with Gasteiger partial charge < -0.3 is 14.2 Å². The van der Waals surface area contributed by atoms with Gasteiger partial charge in [-0.05, 0) is 27.7 Å². The van der Waals surface area contributed by atoms with Crippen LogP contribution in [0, 0.1) is 0 Å². The molecular weight excluding hydrogens is 206 g/mol. The number of hydrogen-bond donors (Lipinski definition) is 0. The van der Waals surface area contributed by atoms with Crippen LogP contribution in [-0.2, 0) is 14.2 Å². The maximum absolute atomic E-state index is 5.67. The van der Waals surface area contributed by atoms with E-state index < -0.39 is 0 Å². The first kappa shape index (κ1) is 13.9. The Morgan fingerprint density at radius 2 is 1.88 bits per heavy atom. The van der Waals surface area contributed by atoms with E-state index in [1.54, 1.807) is 0 Å². The van der Waals surface area contributed by atoms with Crippen LogP contribution in [0.4, 0.5) is 0 Å². The standard InChI is InChI=1S/C12H25NO3/c1-5-14-11(15-6-2)9-13-7-8-16-12(3,4)10-13/h11H,5-10H2,1-4H3. The fourth-order valence-electron chi connectivity index (χ4n) is 2.01. The van der Waals surface area contributed by atoms with Gasteiger partial charge in [-0.15, -0.1) is 0 Å². The van der Waals surface area contributed by atoms with Crippen LogP contribution in [0.5, 0.6) is 0 Å². The number of hydrogen-bond acceptors (Lipinski definition) is 4. The van der Waals surface area contributed by atoms with Crippen LogP contribution in [0.3, 0.4) is 0 Å². The fraction of sp³-hybridized carbons (Fsp3) is 1.00. The molecule has 0 aromatic heterocycles. The summed E-state index contributed by atoms with van der Waals surface area (Å²) in [4.78, 5) is 2.35. The van der Waals surface area contributed by atoms with Crippen molar-refractivity contribution in [3.8, 4) is 0 Å². The summed E-state index contributed by atoms with van der Waals surface area (Å²) in [6.07, 6.45) is -0.108. The maximum Gasteiger partial charge on any atom is 0.170 e. The summed E-state index contributed by atoms with van der Waals surface area (Å²) in [5, 5.41) is 0. The molecule has 0 aromatic rings. The van der Waals surface area contributed by atoms with Crippen molar-refractivity contribution in [1.29, 1.82) is 0 Å². The summed E-state index contributed by atoms with van der Waals surface area (Å²) in [5.41, 5.74) is -0.0543. The van der Waals surface area contributed by atoms with Gasteiger partial charge >= 0.3 is 0 Å². The van der Waals surface area contributed by atoms with Crippen LogP contribution in [0.15, 0.2) is 0 Å². The third kappa shape index (κ3) is 4.78. The van der Waals surface area contributed by atoms with Crippen LogP contribution in [0.25, 0.3) is 0 Å². The minimum Gasteiger partial charge on any atom is -0.373 e. The lowest BCUT2D eigenvalue weighted by molar-refractivity contribution is -0.164. The largest absolute Gasteiger partial charge is 0.373 e. The lowest BCUT2D eigenvalue weighted by Crippen LogP contribution is -2.50. The second kappa shape index (κ2) is 6.55. The molecule has 96 valence electrons. The Kier molecular flexibility index (Phi) is 5.69. The van der Waals surface area contributed by atoms with Crippen LogP contribution < -0.4 is 0 Å². The smallest absolute Gasteiger partial charge is 0.170 e. The molecule has 1 saturated heterocycles. The van der Waals surface area contributed by atoms with E-state index in [1.807, 2.05) is 13.8 Å². The first-order valence-corrected chi connectivity index (χ1v) is 6.17. The zero-order valence-electron chi connectivity index (χ0n) is 11.0. The Bertz CT molecular complexity index is 191. The van der Waals surface area contributed by atoms with E-state index in [0.717, 1.165) is 26.2 Å². The van der Waals surface area contributed by atoms with Crippen molar-refractivity contribution in [1.82, 2.24) is 4.90 Å². The van der Waals surface area contributed by atoms with Crippen molar-refractivity contribution in [3.05, 3.63) is 0 Å². The highest BCUT2D eigenvalue weighted by atomic mass is 16.7. The van der Waals surface area contributed by atoms with E-state index in [9.17, 15) is 0 Å². The van der Waals surface area contributed by atoms with E-state index >= 15 is 0 Å². The molecule has 0 amide bonds. The summed E-state index contributed by atoms with van der Waals surface area (Å²) in [6.45, 7) is 13.1. The molecule has 0 radical (unpaired) electrons. The predicted molar refractivity (Wildman–Crippen MR) is 63.5 cm³/mol. The first-order valence-electron chi connectivity index (χ1n) is 6.17. The highest BCUT2D eigenvalue weighted by Crippen LogP contribution is 2.17. The van der Waals surface area contributed by atoms with Gasteiger partial charge in [-0.2, -0.15) is 0 Å². The molecular formula is C12H25NO3. The summed E-state index contributed by atoms with van der Waals surface area (Å²) < 4.78 is 16.8. The van der Waals surface area contributed by atoms with Crippen molar-refractivity contribution >= 4 is 0 Å². The Balaban J connectivity index is 2.38. The van der Waals surface area contributed by atoms with Crippen LogP contribution in [-0.4, -0.2) is 56.2 Å². The Labute approximate surface area is 98.8 Å². The summed E-state index contributed by atoms with van der Waals surface area (Å²) >= 11 is 0. The van der Waals surface area contributed by atoms with Crippen molar-refractivity contribution in [2.75, 3.05) is 39.5 Å². The Morgan fingerprint density at radius 1 is 1.25 bits per heavy atom. The molecule has 0 unspecified atom stereocenters.